The number of thiazole rings is 1. The van der Waals surface area contributed by atoms with Gasteiger partial charge in [0.25, 0.3) is 0 Å². The molecule has 1 N–H and O–H groups in total. The molecule has 12 heteroatoms. The van der Waals surface area contributed by atoms with Crippen LogP contribution >= 0.6 is 11.3 Å². The van der Waals surface area contributed by atoms with Gasteiger partial charge in [0.05, 0.1) is 42.1 Å². The second-order valence-electron chi connectivity index (χ2n) is 13.1. The topological polar surface area (TPSA) is 133 Å². The van der Waals surface area contributed by atoms with Crippen molar-refractivity contribution in [1.29, 1.82) is 0 Å². The Morgan fingerprint density at radius 1 is 1.15 bits per heavy atom. The van der Waals surface area contributed by atoms with E-state index in [1.165, 1.54) is 11.3 Å². The standard InChI is InChI=1S/C35H43N5O6S/c1-6-45-34(43)35-18-21(35)11-9-7-8-10-14-40(4)33(42)26-16-23(15-25(26)30(41)39-35)46-31-24-13-12-22(44-5)17-27(24)36-29(38-31)32-37-28(19-47-32)20(2)3/h9,11-13,17,19-21,23,25-26H,6-8,10,14-16,18H2,1-5H3,(H,39,41)/b11-9+. The molecule has 1 aromatic carbocycles. The summed E-state index contributed by atoms with van der Waals surface area (Å²) in [5.41, 5.74) is 0.493. The molecule has 0 spiro atoms. The highest BCUT2D eigenvalue weighted by atomic mass is 32.1. The van der Waals surface area contributed by atoms with Gasteiger partial charge in [0, 0.05) is 31.0 Å². The van der Waals surface area contributed by atoms with E-state index in [9.17, 15) is 14.4 Å². The molecule has 3 aliphatic rings. The van der Waals surface area contributed by atoms with Crippen molar-refractivity contribution in [1.82, 2.24) is 25.2 Å². The van der Waals surface area contributed by atoms with Crippen molar-refractivity contribution in [2.24, 2.45) is 17.8 Å². The van der Waals surface area contributed by atoms with Crippen molar-refractivity contribution in [2.75, 3.05) is 27.3 Å². The molecule has 0 saturated heterocycles. The second kappa shape index (κ2) is 13.6. The number of carbonyl (C=O) groups excluding carboxylic acids is 3. The minimum absolute atomic E-state index is 0.0941. The first-order chi connectivity index (χ1) is 22.6. The summed E-state index contributed by atoms with van der Waals surface area (Å²) < 4.78 is 17.5. The first-order valence-electron chi connectivity index (χ1n) is 16.5. The van der Waals surface area contributed by atoms with Crippen LogP contribution in [0.25, 0.3) is 21.7 Å². The molecule has 1 aliphatic heterocycles. The summed E-state index contributed by atoms with van der Waals surface area (Å²) in [6, 6.07) is 5.51. The number of hydrogen-bond donors (Lipinski definition) is 1. The zero-order valence-corrected chi connectivity index (χ0v) is 28.5. The van der Waals surface area contributed by atoms with Gasteiger partial charge in [-0.25, -0.2) is 14.8 Å². The monoisotopic (exact) mass is 661 g/mol. The summed E-state index contributed by atoms with van der Waals surface area (Å²) >= 11 is 1.47. The van der Waals surface area contributed by atoms with Crippen LogP contribution in [0.5, 0.6) is 11.6 Å². The quantitative estimate of drug-likeness (QED) is 0.265. The Balaban J connectivity index is 1.32. The maximum atomic E-state index is 14.0. The van der Waals surface area contributed by atoms with Gasteiger partial charge in [0.15, 0.2) is 10.8 Å². The molecule has 6 rings (SSSR count). The molecule has 47 heavy (non-hydrogen) atoms. The fourth-order valence-electron chi connectivity index (χ4n) is 6.64. The SMILES string of the molecule is CCOC(=O)C12CC1/C=C/CCCCN(C)C(=O)C1CC(Oc3nc(-c4nc(C(C)C)cs4)nc4cc(OC)ccc34)CC1C(=O)N2. The van der Waals surface area contributed by atoms with Crippen molar-refractivity contribution < 1.29 is 28.6 Å². The van der Waals surface area contributed by atoms with Crippen LogP contribution in [0.15, 0.2) is 35.7 Å². The largest absolute Gasteiger partial charge is 0.497 e. The molecule has 5 unspecified atom stereocenters. The Kier molecular flexibility index (Phi) is 9.50. The second-order valence-corrected chi connectivity index (χ2v) is 13.9. The van der Waals surface area contributed by atoms with E-state index in [2.05, 4.69) is 25.2 Å². The zero-order valence-electron chi connectivity index (χ0n) is 27.7. The lowest BCUT2D eigenvalue weighted by molar-refractivity contribution is -0.150. The number of aromatic nitrogens is 3. The molecule has 3 aromatic rings. The van der Waals surface area contributed by atoms with Crippen LogP contribution in [0.1, 0.15) is 70.9 Å². The average molecular weight is 662 g/mol. The Hall–Kier alpha value is -4.06. The first kappa shape index (κ1) is 32.9. The molecule has 2 aromatic heterocycles. The minimum Gasteiger partial charge on any atom is -0.497 e. The summed E-state index contributed by atoms with van der Waals surface area (Å²) in [4.78, 5) is 57.1. The lowest BCUT2D eigenvalue weighted by Crippen LogP contribution is -2.50. The van der Waals surface area contributed by atoms with Crippen molar-refractivity contribution in [3.8, 4) is 22.5 Å². The number of allylic oxidation sites excluding steroid dienone is 1. The van der Waals surface area contributed by atoms with E-state index in [-0.39, 0.29) is 30.3 Å². The predicted octanol–water partition coefficient (Wildman–Crippen LogP) is 5.30. The smallest absolute Gasteiger partial charge is 0.332 e. The van der Waals surface area contributed by atoms with Gasteiger partial charge in [-0.05, 0) is 63.5 Å². The fraction of sp³-hybridized carbons (Fsp3) is 0.543. The number of hydrogen-bond acceptors (Lipinski definition) is 10. The van der Waals surface area contributed by atoms with Gasteiger partial charge < -0.3 is 24.4 Å². The molecule has 11 nitrogen and oxygen atoms in total. The number of nitrogens with zero attached hydrogens (tertiary/aromatic N) is 4. The number of fused-ring (bicyclic) bond motifs is 3. The molecule has 250 valence electrons. The molecular weight excluding hydrogens is 618 g/mol. The van der Waals surface area contributed by atoms with Crippen LogP contribution in [0.4, 0.5) is 0 Å². The van der Waals surface area contributed by atoms with Crippen LogP contribution in [0.2, 0.25) is 0 Å². The molecule has 2 fully saturated rings. The van der Waals surface area contributed by atoms with Gasteiger partial charge in [0.1, 0.15) is 17.4 Å². The van der Waals surface area contributed by atoms with Crippen molar-refractivity contribution >= 4 is 40.0 Å². The summed E-state index contributed by atoms with van der Waals surface area (Å²) in [5, 5.41) is 6.42. The van der Waals surface area contributed by atoms with E-state index in [1.807, 2.05) is 29.7 Å². The Bertz CT molecular complexity index is 1690. The third-order valence-electron chi connectivity index (χ3n) is 9.49. The Morgan fingerprint density at radius 3 is 2.70 bits per heavy atom. The van der Waals surface area contributed by atoms with Crippen LogP contribution < -0.4 is 14.8 Å². The number of methoxy groups -OCH3 is 1. The number of esters is 1. The predicted molar refractivity (Wildman–Crippen MR) is 178 cm³/mol. The Labute approximate surface area is 279 Å². The van der Waals surface area contributed by atoms with E-state index in [4.69, 9.17) is 29.2 Å². The van der Waals surface area contributed by atoms with Crippen LogP contribution in [0, 0.1) is 17.8 Å². The number of ether oxygens (including phenoxy) is 3. The van der Waals surface area contributed by atoms with Gasteiger partial charge >= 0.3 is 5.97 Å². The third kappa shape index (κ3) is 6.70. The zero-order chi connectivity index (χ0) is 33.3. The number of benzene rings is 1. The van der Waals surface area contributed by atoms with Crippen molar-refractivity contribution in [2.45, 2.75) is 76.9 Å². The molecule has 5 atom stereocenters. The lowest BCUT2D eigenvalue weighted by Gasteiger charge is -2.26. The van der Waals surface area contributed by atoms with Gasteiger partial charge in [-0.1, -0.05) is 26.0 Å². The van der Waals surface area contributed by atoms with Crippen LogP contribution in [-0.4, -0.2) is 76.6 Å². The molecule has 2 amide bonds. The summed E-state index contributed by atoms with van der Waals surface area (Å²) in [5.74, 6) is -0.581. The van der Waals surface area contributed by atoms with Crippen LogP contribution in [-0.2, 0) is 19.1 Å². The normalized spacial score (nSPS) is 27.1. The minimum atomic E-state index is -1.11. The highest BCUT2D eigenvalue weighted by Gasteiger charge is 2.62. The summed E-state index contributed by atoms with van der Waals surface area (Å²) in [6.07, 6.45) is 7.33. The number of nitrogens with one attached hydrogen (secondary N) is 1. The van der Waals surface area contributed by atoms with Crippen molar-refractivity contribution in [3.05, 3.63) is 41.4 Å². The number of carbonyl (C=O) groups is 3. The van der Waals surface area contributed by atoms with Gasteiger partial charge in [-0.3, -0.25) is 9.59 Å². The number of rotatable bonds is 7. The Morgan fingerprint density at radius 2 is 1.96 bits per heavy atom. The highest BCUT2D eigenvalue weighted by molar-refractivity contribution is 7.13. The van der Waals surface area contributed by atoms with Gasteiger partial charge in [0.2, 0.25) is 17.7 Å². The maximum Gasteiger partial charge on any atom is 0.332 e. The molecule has 0 radical (unpaired) electrons. The third-order valence-corrected chi connectivity index (χ3v) is 10.3. The number of amides is 2. The van der Waals surface area contributed by atoms with E-state index in [0.29, 0.717) is 59.2 Å². The van der Waals surface area contributed by atoms with E-state index in [1.54, 1.807) is 26.0 Å². The van der Waals surface area contributed by atoms with Gasteiger partial charge in [-0.2, -0.15) is 4.98 Å². The van der Waals surface area contributed by atoms with E-state index in [0.717, 1.165) is 25.0 Å². The molecule has 2 aliphatic carbocycles. The van der Waals surface area contributed by atoms with Gasteiger partial charge in [-0.15, -0.1) is 11.3 Å². The van der Waals surface area contributed by atoms with E-state index >= 15 is 0 Å². The molecule has 0 bridgehead atoms. The summed E-state index contributed by atoms with van der Waals surface area (Å²) in [7, 11) is 3.40. The average Bonchev–Trinajstić information content (AvgIpc) is 3.36. The molecular formula is C35H43N5O6S. The summed E-state index contributed by atoms with van der Waals surface area (Å²) in [6.45, 7) is 6.76. The lowest BCUT2D eigenvalue weighted by atomic mass is 9.93. The highest BCUT2D eigenvalue weighted by Crippen LogP contribution is 2.47. The first-order valence-corrected chi connectivity index (χ1v) is 17.4. The van der Waals surface area contributed by atoms with Crippen LogP contribution in [0.3, 0.4) is 0 Å². The molecule has 3 heterocycles. The fourth-order valence-corrected chi connectivity index (χ4v) is 7.55. The van der Waals surface area contributed by atoms with Crippen molar-refractivity contribution in [3.63, 3.8) is 0 Å². The maximum absolute atomic E-state index is 14.0. The van der Waals surface area contributed by atoms with E-state index < -0.39 is 29.4 Å². The molecule has 2 saturated carbocycles.